The zero-order valence-corrected chi connectivity index (χ0v) is 18.1. The Morgan fingerprint density at radius 1 is 1.31 bits per heavy atom. The predicted octanol–water partition coefficient (Wildman–Crippen LogP) is 4.55. The molecule has 7 heteroatoms. The fraction of sp³-hybridized carbons (Fsp3) is 0.684. The Hall–Kier alpha value is -1.08. The summed E-state index contributed by atoms with van der Waals surface area (Å²) in [6.07, 6.45) is 3.72. The molecule has 3 heterocycles. The molecule has 2 aliphatic heterocycles. The molecule has 1 aromatic rings. The third-order valence-corrected chi connectivity index (χ3v) is 6.68. The van der Waals surface area contributed by atoms with E-state index < -0.39 is 5.60 Å². The minimum absolute atomic E-state index is 0.166. The highest BCUT2D eigenvalue weighted by Crippen LogP contribution is 2.32. The Balaban J connectivity index is 1.44. The lowest BCUT2D eigenvalue weighted by Gasteiger charge is -2.34. The normalized spacial score (nSPS) is 18.8. The van der Waals surface area contributed by atoms with Crippen molar-refractivity contribution >= 4 is 39.3 Å². The molecule has 0 unspecified atom stereocenters. The molecule has 0 bridgehead atoms. The van der Waals surface area contributed by atoms with E-state index in [0.29, 0.717) is 5.92 Å². The molecule has 26 heavy (non-hydrogen) atoms. The Kier molecular flexibility index (Phi) is 5.97. The standard InChI is InChI=1S/C19H27BrN2O3S/c1-19(2,3)25-18(24)22-9-5-13(6-10-22)4-8-21-11-7-15-14(17(21)23)12-16(20)26-15/h12-13H,4-11H2,1-3H3. The maximum Gasteiger partial charge on any atom is 0.410 e. The summed E-state index contributed by atoms with van der Waals surface area (Å²) in [5.74, 6) is 0.733. The fourth-order valence-corrected chi connectivity index (χ4v) is 5.23. The van der Waals surface area contributed by atoms with Gasteiger partial charge in [0.15, 0.2) is 0 Å². The molecule has 1 saturated heterocycles. The van der Waals surface area contributed by atoms with Crippen molar-refractivity contribution in [1.29, 1.82) is 0 Å². The topological polar surface area (TPSA) is 49.9 Å². The van der Waals surface area contributed by atoms with E-state index in [2.05, 4.69) is 15.9 Å². The Bertz CT molecular complexity index is 675. The zero-order valence-electron chi connectivity index (χ0n) is 15.7. The van der Waals surface area contributed by atoms with E-state index in [1.165, 1.54) is 4.88 Å². The van der Waals surface area contributed by atoms with Crippen LogP contribution in [0.4, 0.5) is 4.79 Å². The summed E-state index contributed by atoms with van der Waals surface area (Å²) in [6, 6.07) is 1.95. The van der Waals surface area contributed by atoms with Gasteiger partial charge in [0, 0.05) is 37.5 Å². The monoisotopic (exact) mass is 442 g/mol. The lowest BCUT2D eigenvalue weighted by Crippen LogP contribution is -2.43. The number of rotatable bonds is 3. The van der Waals surface area contributed by atoms with Gasteiger partial charge in [-0.05, 0) is 67.9 Å². The summed E-state index contributed by atoms with van der Waals surface area (Å²) in [4.78, 5) is 29.7. The molecule has 0 aliphatic carbocycles. The number of amides is 2. The van der Waals surface area contributed by atoms with Crippen molar-refractivity contribution in [1.82, 2.24) is 9.80 Å². The molecule has 2 amide bonds. The van der Waals surface area contributed by atoms with E-state index in [1.807, 2.05) is 36.6 Å². The van der Waals surface area contributed by atoms with Crippen molar-refractivity contribution in [2.45, 2.75) is 52.1 Å². The number of ether oxygens (including phenoxy) is 1. The van der Waals surface area contributed by atoms with Crippen LogP contribution in [0.15, 0.2) is 9.85 Å². The second-order valence-electron chi connectivity index (χ2n) is 8.13. The van der Waals surface area contributed by atoms with Gasteiger partial charge in [0.1, 0.15) is 5.60 Å². The first kappa shape index (κ1) is 19.7. The zero-order chi connectivity index (χ0) is 18.9. The lowest BCUT2D eigenvalue weighted by molar-refractivity contribution is 0.0178. The molecule has 1 aromatic heterocycles. The average Bonchev–Trinajstić information content (AvgIpc) is 2.94. The van der Waals surface area contributed by atoms with Crippen molar-refractivity contribution in [3.63, 3.8) is 0 Å². The van der Waals surface area contributed by atoms with Crippen LogP contribution in [0.1, 0.15) is 55.3 Å². The van der Waals surface area contributed by atoms with Crippen LogP contribution in [0.2, 0.25) is 0 Å². The van der Waals surface area contributed by atoms with Crippen molar-refractivity contribution in [3.05, 3.63) is 20.3 Å². The van der Waals surface area contributed by atoms with Gasteiger partial charge in [-0.25, -0.2) is 4.79 Å². The first-order chi connectivity index (χ1) is 12.2. The molecule has 0 spiro atoms. The fourth-order valence-electron chi connectivity index (χ4n) is 3.55. The van der Waals surface area contributed by atoms with Gasteiger partial charge in [-0.3, -0.25) is 4.79 Å². The maximum absolute atomic E-state index is 12.6. The highest BCUT2D eigenvalue weighted by molar-refractivity contribution is 9.11. The molecule has 0 radical (unpaired) electrons. The minimum Gasteiger partial charge on any atom is -0.444 e. The number of hydrogen-bond donors (Lipinski definition) is 0. The molecule has 0 saturated carbocycles. The number of likely N-dealkylation sites (tertiary alicyclic amines) is 1. The molecule has 5 nitrogen and oxygen atoms in total. The van der Waals surface area contributed by atoms with Gasteiger partial charge in [-0.15, -0.1) is 11.3 Å². The summed E-state index contributed by atoms with van der Waals surface area (Å²) in [6.45, 7) is 8.79. The minimum atomic E-state index is -0.446. The van der Waals surface area contributed by atoms with Gasteiger partial charge in [0.2, 0.25) is 0 Å². The largest absolute Gasteiger partial charge is 0.444 e. The van der Waals surface area contributed by atoms with E-state index in [9.17, 15) is 9.59 Å². The van der Waals surface area contributed by atoms with Gasteiger partial charge in [0.05, 0.1) is 9.35 Å². The second kappa shape index (κ2) is 7.89. The van der Waals surface area contributed by atoms with Crippen LogP contribution in [-0.2, 0) is 11.2 Å². The molecule has 0 N–H and O–H groups in total. The van der Waals surface area contributed by atoms with E-state index in [4.69, 9.17) is 4.74 Å². The van der Waals surface area contributed by atoms with Gasteiger partial charge in [-0.2, -0.15) is 0 Å². The Labute approximate surface area is 167 Å². The number of hydrogen-bond acceptors (Lipinski definition) is 4. The average molecular weight is 443 g/mol. The summed E-state index contributed by atoms with van der Waals surface area (Å²) in [7, 11) is 0. The SMILES string of the molecule is CC(C)(C)OC(=O)N1CCC(CCN2CCc3sc(Br)cc3C2=O)CC1. The number of piperidine rings is 1. The molecular formula is C19H27BrN2O3S. The Morgan fingerprint density at radius 3 is 2.65 bits per heavy atom. The van der Waals surface area contributed by atoms with Gasteiger partial charge >= 0.3 is 6.09 Å². The number of carbonyl (C=O) groups is 2. The number of fused-ring (bicyclic) bond motifs is 1. The van der Waals surface area contributed by atoms with E-state index >= 15 is 0 Å². The van der Waals surface area contributed by atoms with Crippen LogP contribution in [0, 0.1) is 5.92 Å². The molecule has 144 valence electrons. The summed E-state index contributed by atoms with van der Waals surface area (Å²) >= 11 is 5.15. The van der Waals surface area contributed by atoms with Crippen LogP contribution in [-0.4, -0.2) is 53.6 Å². The number of nitrogens with zero attached hydrogens (tertiary/aromatic N) is 2. The van der Waals surface area contributed by atoms with Crippen molar-refractivity contribution in [3.8, 4) is 0 Å². The highest BCUT2D eigenvalue weighted by Gasteiger charge is 2.29. The number of halogens is 1. The van der Waals surface area contributed by atoms with Crippen LogP contribution in [0.3, 0.4) is 0 Å². The molecular weight excluding hydrogens is 416 g/mol. The molecule has 0 aromatic carbocycles. The third-order valence-electron chi connectivity index (χ3n) is 4.98. The molecule has 2 aliphatic rings. The predicted molar refractivity (Wildman–Crippen MR) is 107 cm³/mol. The van der Waals surface area contributed by atoms with Crippen LogP contribution < -0.4 is 0 Å². The number of carbonyl (C=O) groups excluding carboxylic acids is 2. The number of thiophene rings is 1. The van der Waals surface area contributed by atoms with E-state index in [0.717, 1.165) is 61.2 Å². The van der Waals surface area contributed by atoms with Crippen molar-refractivity contribution in [2.24, 2.45) is 5.92 Å². The first-order valence-corrected chi connectivity index (χ1v) is 10.9. The maximum atomic E-state index is 12.6. The van der Waals surface area contributed by atoms with Crippen molar-refractivity contribution < 1.29 is 14.3 Å². The quantitative estimate of drug-likeness (QED) is 0.689. The van der Waals surface area contributed by atoms with E-state index in [-0.39, 0.29) is 12.0 Å². The van der Waals surface area contributed by atoms with Crippen LogP contribution >= 0.6 is 27.3 Å². The lowest BCUT2D eigenvalue weighted by atomic mass is 9.93. The van der Waals surface area contributed by atoms with E-state index in [1.54, 1.807) is 11.3 Å². The summed E-state index contributed by atoms with van der Waals surface area (Å²) in [5, 5.41) is 0. The molecule has 0 atom stereocenters. The van der Waals surface area contributed by atoms with Crippen molar-refractivity contribution in [2.75, 3.05) is 26.2 Å². The van der Waals surface area contributed by atoms with Gasteiger partial charge in [0.25, 0.3) is 5.91 Å². The highest BCUT2D eigenvalue weighted by atomic mass is 79.9. The van der Waals surface area contributed by atoms with Crippen LogP contribution in [0.5, 0.6) is 0 Å². The van der Waals surface area contributed by atoms with Gasteiger partial charge < -0.3 is 14.5 Å². The first-order valence-electron chi connectivity index (χ1n) is 9.28. The van der Waals surface area contributed by atoms with Gasteiger partial charge in [-0.1, -0.05) is 0 Å². The molecule has 3 rings (SSSR count). The third kappa shape index (κ3) is 4.80. The summed E-state index contributed by atoms with van der Waals surface area (Å²) < 4.78 is 6.48. The smallest absolute Gasteiger partial charge is 0.410 e. The molecule has 1 fully saturated rings. The second-order valence-corrected chi connectivity index (χ2v) is 10.6. The van der Waals surface area contributed by atoms with Crippen LogP contribution in [0.25, 0.3) is 0 Å². The Morgan fingerprint density at radius 2 is 2.00 bits per heavy atom. The summed E-state index contributed by atoms with van der Waals surface area (Å²) in [5.41, 5.74) is 0.422.